The van der Waals surface area contributed by atoms with Gasteiger partial charge in [-0.15, -0.1) is 0 Å². The number of nitrogens with zero attached hydrogens (tertiary/aromatic N) is 1. The Bertz CT molecular complexity index is 1060. The third-order valence-electron chi connectivity index (χ3n) is 7.21. The molecular weight excluding hydrogens is 478 g/mol. The smallest absolute Gasteiger partial charge is 0.325 e. The molecule has 11 nitrogen and oxygen atoms in total. The molecule has 2 heterocycles. The summed E-state index contributed by atoms with van der Waals surface area (Å²) in [6.07, 6.45) is 4.57. The Morgan fingerprint density at radius 1 is 1.09 bits per heavy atom. The van der Waals surface area contributed by atoms with Crippen molar-refractivity contribution in [2.24, 2.45) is 0 Å². The van der Waals surface area contributed by atoms with Gasteiger partial charge < -0.3 is 14.8 Å². The van der Waals surface area contributed by atoms with Crippen LogP contribution >= 0.6 is 0 Å². The summed E-state index contributed by atoms with van der Waals surface area (Å²) >= 11 is 0. The molecule has 3 N–H and O–H groups in total. The molecule has 3 fully saturated rings. The van der Waals surface area contributed by atoms with E-state index in [0.29, 0.717) is 25.0 Å². The van der Waals surface area contributed by atoms with Crippen molar-refractivity contribution in [1.29, 1.82) is 0 Å². The highest BCUT2D eigenvalue weighted by atomic mass is 32.2. The van der Waals surface area contributed by atoms with Crippen molar-refractivity contribution in [3.8, 4) is 5.75 Å². The minimum atomic E-state index is -4.11. The van der Waals surface area contributed by atoms with Crippen LogP contribution < -0.4 is 15.5 Å². The molecule has 4 amide bonds. The summed E-state index contributed by atoms with van der Waals surface area (Å²) in [6.45, 7) is 0.642. The minimum absolute atomic E-state index is 0.0625. The topological polar surface area (TPSA) is 151 Å². The monoisotopic (exact) mass is 509 g/mol. The van der Waals surface area contributed by atoms with E-state index in [1.165, 1.54) is 34.6 Å². The van der Waals surface area contributed by atoms with Gasteiger partial charge in [-0.2, -0.15) is 0 Å². The minimum Gasteiger partial charge on any atom is -0.494 e. The highest BCUT2D eigenvalue weighted by molar-refractivity contribution is 7.93. The van der Waals surface area contributed by atoms with E-state index in [4.69, 9.17) is 14.7 Å². The Labute approximate surface area is 204 Å². The third-order valence-corrected chi connectivity index (χ3v) is 9.73. The zero-order chi connectivity index (χ0) is 25.1. The number of imide groups is 1. The quantitative estimate of drug-likeness (QED) is 0.207. The van der Waals surface area contributed by atoms with Gasteiger partial charge in [0.2, 0.25) is 0 Å². The number of hydroxylamine groups is 1. The maximum atomic E-state index is 13.3. The average Bonchev–Trinajstić information content (AvgIpc) is 3.10. The molecule has 1 aliphatic carbocycles. The number of carbonyl (C=O) groups is 3. The van der Waals surface area contributed by atoms with Gasteiger partial charge >= 0.3 is 6.03 Å². The third kappa shape index (κ3) is 4.62. The molecule has 1 saturated carbocycles. The fourth-order valence-corrected chi connectivity index (χ4v) is 7.09. The summed E-state index contributed by atoms with van der Waals surface area (Å²) in [5.41, 5.74) is 0.747. The van der Waals surface area contributed by atoms with Crippen molar-refractivity contribution in [2.45, 2.75) is 66.5 Å². The van der Waals surface area contributed by atoms with E-state index in [-0.39, 0.29) is 56.0 Å². The van der Waals surface area contributed by atoms with Crippen molar-refractivity contribution >= 4 is 27.7 Å². The maximum absolute atomic E-state index is 13.3. The van der Waals surface area contributed by atoms with E-state index in [2.05, 4.69) is 5.32 Å². The van der Waals surface area contributed by atoms with Crippen molar-refractivity contribution < 1.29 is 37.5 Å². The number of sulfone groups is 1. The first-order valence-electron chi connectivity index (χ1n) is 11.9. The van der Waals surface area contributed by atoms with Gasteiger partial charge in [0.15, 0.2) is 14.6 Å². The lowest BCUT2D eigenvalue weighted by molar-refractivity contribution is -0.134. The summed E-state index contributed by atoms with van der Waals surface area (Å²) < 4.78 is 35.6. The van der Waals surface area contributed by atoms with Crippen LogP contribution in [0.25, 0.3) is 0 Å². The van der Waals surface area contributed by atoms with E-state index in [1.54, 1.807) is 0 Å². The Morgan fingerprint density at radius 3 is 2.37 bits per heavy atom. The van der Waals surface area contributed by atoms with Gasteiger partial charge in [-0.1, -0.05) is 19.3 Å². The van der Waals surface area contributed by atoms with E-state index >= 15 is 0 Å². The van der Waals surface area contributed by atoms with Crippen molar-refractivity contribution in [1.82, 2.24) is 15.7 Å². The van der Waals surface area contributed by atoms with Gasteiger partial charge in [0.25, 0.3) is 11.8 Å². The first-order valence-corrected chi connectivity index (χ1v) is 13.4. The van der Waals surface area contributed by atoms with E-state index < -0.39 is 26.0 Å². The van der Waals surface area contributed by atoms with Gasteiger partial charge in [-0.3, -0.25) is 19.7 Å². The van der Waals surface area contributed by atoms with E-state index in [0.717, 1.165) is 19.3 Å². The van der Waals surface area contributed by atoms with Crippen molar-refractivity contribution in [3.05, 3.63) is 24.3 Å². The molecule has 2 saturated heterocycles. The SMILES string of the molecule is O=C1NC2(CCCCC2)C(=O)N1CCCOc1ccc(S(=O)(=O)C2(C(=O)NO)CCOCC2)cc1. The number of hydrogen-bond donors (Lipinski definition) is 3. The van der Waals surface area contributed by atoms with Gasteiger partial charge in [-0.05, 0) is 56.4 Å². The molecular formula is C23H31N3O8S. The number of benzene rings is 1. The first-order chi connectivity index (χ1) is 16.8. The maximum Gasteiger partial charge on any atom is 0.325 e. The molecule has 0 atom stereocenters. The molecule has 0 bridgehead atoms. The normalized spacial score (nSPS) is 21.6. The highest BCUT2D eigenvalue weighted by Gasteiger charge is 2.52. The van der Waals surface area contributed by atoms with Crippen LogP contribution in [0.1, 0.15) is 51.4 Å². The molecule has 192 valence electrons. The van der Waals surface area contributed by atoms with Crippen LogP contribution in [0.3, 0.4) is 0 Å². The molecule has 1 spiro atoms. The average molecular weight is 510 g/mol. The molecule has 3 aliphatic rings. The molecule has 2 aliphatic heterocycles. The summed E-state index contributed by atoms with van der Waals surface area (Å²) in [4.78, 5) is 38.7. The second kappa shape index (κ2) is 10.1. The van der Waals surface area contributed by atoms with Gasteiger partial charge in [0, 0.05) is 19.8 Å². The highest BCUT2D eigenvalue weighted by Crippen LogP contribution is 2.36. The summed E-state index contributed by atoms with van der Waals surface area (Å²) in [6, 6.07) is 5.33. The van der Waals surface area contributed by atoms with Gasteiger partial charge in [0.05, 0.1) is 11.5 Å². The molecule has 0 radical (unpaired) electrons. The number of rotatable bonds is 8. The second-order valence-corrected chi connectivity index (χ2v) is 11.5. The van der Waals surface area contributed by atoms with Crippen LogP contribution in [0, 0.1) is 0 Å². The predicted octanol–water partition coefficient (Wildman–Crippen LogP) is 1.54. The fourth-order valence-electron chi connectivity index (χ4n) is 5.15. The van der Waals surface area contributed by atoms with Crippen molar-refractivity contribution in [2.75, 3.05) is 26.4 Å². The Hall–Kier alpha value is -2.70. The summed E-state index contributed by atoms with van der Waals surface area (Å²) in [5.74, 6) is -0.722. The number of amides is 4. The number of urea groups is 1. The van der Waals surface area contributed by atoms with E-state index in [1.807, 2.05) is 0 Å². The fraction of sp³-hybridized carbons (Fsp3) is 0.609. The lowest BCUT2D eigenvalue weighted by atomic mass is 9.82. The largest absolute Gasteiger partial charge is 0.494 e. The molecule has 0 unspecified atom stereocenters. The molecule has 12 heteroatoms. The standard InChI is InChI=1S/C23H31N3O8S/c27-19(25-30)23(11-15-33-16-12-23)35(31,32)18-7-5-17(6-8-18)34-14-4-13-26-20(28)22(24-21(26)29)9-2-1-3-10-22/h5-8,30H,1-4,9-16H2,(H,24,29)(H,25,27). The van der Waals surface area contributed by atoms with Gasteiger partial charge in [-0.25, -0.2) is 18.7 Å². The molecule has 35 heavy (non-hydrogen) atoms. The number of nitrogens with one attached hydrogen (secondary N) is 2. The zero-order valence-corrected chi connectivity index (χ0v) is 20.3. The first kappa shape index (κ1) is 25.4. The molecule has 1 aromatic rings. The van der Waals surface area contributed by atoms with Crippen molar-refractivity contribution in [3.63, 3.8) is 0 Å². The lowest BCUT2D eigenvalue weighted by Crippen LogP contribution is -2.54. The summed E-state index contributed by atoms with van der Waals surface area (Å²) in [5, 5.41) is 12.0. The molecule has 0 aromatic heterocycles. The molecule has 1 aromatic carbocycles. The van der Waals surface area contributed by atoms with Crippen LogP contribution in [0.15, 0.2) is 29.2 Å². The number of carbonyl (C=O) groups excluding carboxylic acids is 3. The second-order valence-electron chi connectivity index (χ2n) is 9.25. The zero-order valence-electron chi connectivity index (χ0n) is 19.5. The van der Waals surface area contributed by atoms with Gasteiger partial charge in [0.1, 0.15) is 11.3 Å². The van der Waals surface area contributed by atoms with Crippen LogP contribution in [0.4, 0.5) is 4.79 Å². The van der Waals surface area contributed by atoms with E-state index in [9.17, 15) is 22.8 Å². The molecule has 4 rings (SSSR count). The Kier molecular flexibility index (Phi) is 7.34. The number of hydrogen-bond acceptors (Lipinski definition) is 8. The van der Waals surface area contributed by atoms with Crippen LogP contribution in [0.2, 0.25) is 0 Å². The Balaban J connectivity index is 1.34. The van der Waals surface area contributed by atoms with Crippen LogP contribution in [-0.2, 0) is 24.2 Å². The van der Waals surface area contributed by atoms with Crippen LogP contribution in [-0.4, -0.2) is 73.0 Å². The van der Waals surface area contributed by atoms with Crippen LogP contribution in [0.5, 0.6) is 5.75 Å². The number of ether oxygens (including phenoxy) is 2. The predicted molar refractivity (Wildman–Crippen MR) is 123 cm³/mol. The summed E-state index contributed by atoms with van der Waals surface area (Å²) in [7, 11) is -4.11. The Morgan fingerprint density at radius 2 is 1.74 bits per heavy atom. The lowest BCUT2D eigenvalue weighted by Gasteiger charge is -2.34.